The van der Waals surface area contributed by atoms with Gasteiger partial charge >= 0.3 is 0 Å². The molecule has 3 heterocycles. The van der Waals surface area contributed by atoms with Gasteiger partial charge in [0.15, 0.2) is 0 Å². The summed E-state index contributed by atoms with van der Waals surface area (Å²) in [5, 5.41) is 9.67. The molecule has 10 rings (SSSR count). The van der Waals surface area contributed by atoms with Crippen LogP contribution in [0.1, 0.15) is 0 Å². The number of rotatable bonds is 4. The smallest absolute Gasteiger partial charge is 0.136 e. The maximum atomic E-state index is 6.51. The van der Waals surface area contributed by atoms with E-state index >= 15 is 0 Å². The predicted octanol–water partition coefficient (Wildman–Crippen LogP) is 12.7. The Bertz CT molecular complexity index is 2850. The summed E-state index contributed by atoms with van der Waals surface area (Å²) in [5.41, 5.74) is 8.68. The maximum absolute atomic E-state index is 6.51. The number of para-hydroxylation sites is 1. The molecule has 0 aliphatic rings. The van der Waals surface area contributed by atoms with Gasteiger partial charge in [0.1, 0.15) is 16.9 Å². The lowest BCUT2D eigenvalue weighted by atomic mass is 9.84. The van der Waals surface area contributed by atoms with E-state index in [2.05, 4.69) is 126 Å². The molecule has 0 N–H and O–H groups in total. The number of methoxy groups -OCH3 is 1. The van der Waals surface area contributed by atoms with E-state index < -0.39 is 0 Å². The van der Waals surface area contributed by atoms with Crippen molar-refractivity contribution < 1.29 is 9.15 Å². The molecule has 0 atom stereocenters. The highest BCUT2D eigenvalue weighted by molar-refractivity contribution is 7.25. The third-order valence-electron chi connectivity index (χ3n) is 9.66. The third kappa shape index (κ3) is 4.09. The summed E-state index contributed by atoms with van der Waals surface area (Å²) in [6, 6.07) is 48.0. The van der Waals surface area contributed by atoms with Crippen LogP contribution in [0.3, 0.4) is 0 Å². The van der Waals surface area contributed by atoms with E-state index in [1.807, 2.05) is 35.9 Å². The Morgan fingerprint density at radius 1 is 0.479 bits per heavy atom. The Labute approximate surface area is 280 Å². The summed E-state index contributed by atoms with van der Waals surface area (Å²) in [5.74, 6) is 0.835. The quantitative estimate of drug-likeness (QED) is 0.181. The van der Waals surface area contributed by atoms with Gasteiger partial charge in [-0.1, -0.05) is 78.9 Å². The maximum Gasteiger partial charge on any atom is 0.136 e. The van der Waals surface area contributed by atoms with Gasteiger partial charge in [-0.2, -0.15) is 0 Å². The normalized spacial score (nSPS) is 11.9. The minimum atomic E-state index is 0.835. The van der Waals surface area contributed by atoms with E-state index in [0.29, 0.717) is 0 Å². The van der Waals surface area contributed by atoms with Crippen LogP contribution in [0.2, 0.25) is 0 Å². The molecular formula is C44H27NO2S. The SMILES string of the molecule is COc1ccc(-c2c(-c3ccc(-c4cccnc4)cc3)c3cc4oc5ccccc5c4cc3c3cc4sc5ccccc5c4cc23)cc1. The lowest BCUT2D eigenvalue weighted by Gasteiger charge is -2.19. The first-order valence-electron chi connectivity index (χ1n) is 16.0. The number of aromatic nitrogens is 1. The number of thiophene rings is 1. The summed E-state index contributed by atoms with van der Waals surface area (Å²) in [4.78, 5) is 4.35. The lowest BCUT2D eigenvalue weighted by Crippen LogP contribution is -1.93. The summed E-state index contributed by atoms with van der Waals surface area (Å²) in [7, 11) is 1.71. The number of pyridine rings is 1. The first-order chi connectivity index (χ1) is 23.7. The number of furan rings is 1. The second-order valence-corrected chi connectivity index (χ2v) is 13.4. The summed E-state index contributed by atoms with van der Waals surface area (Å²) in [6.07, 6.45) is 3.73. The van der Waals surface area contributed by atoms with Crippen LogP contribution in [-0.2, 0) is 0 Å². The van der Waals surface area contributed by atoms with Crippen LogP contribution < -0.4 is 4.74 Å². The molecule has 0 aliphatic heterocycles. The number of ether oxygens (including phenoxy) is 1. The van der Waals surface area contributed by atoms with Gasteiger partial charge in [-0.05, 0) is 110 Å². The van der Waals surface area contributed by atoms with Crippen molar-refractivity contribution in [3.05, 3.63) is 146 Å². The molecule has 0 saturated heterocycles. The van der Waals surface area contributed by atoms with E-state index in [1.165, 1.54) is 47.5 Å². The first-order valence-corrected chi connectivity index (χ1v) is 16.9. The van der Waals surface area contributed by atoms with Crippen molar-refractivity contribution in [3.8, 4) is 39.1 Å². The fourth-order valence-electron chi connectivity index (χ4n) is 7.39. The summed E-state index contributed by atoms with van der Waals surface area (Å²) >= 11 is 1.86. The summed E-state index contributed by atoms with van der Waals surface area (Å²) < 4.78 is 14.7. The zero-order valence-electron chi connectivity index (χ0n) is 26.0. The molecule has 7 aromatic carbocycles. The average Bonchev–Trinajstić information content (AvgIpc) is 3.70. The van der Waals surface area contributed by atoms with Gasteiger partial charge in [0, 0.05) is 43.3 Å². The average molecular weight is 634 g/mol. The van der Waals surface area contributed by atoms with Gasteiger partial charge in [-0.25, -0.2) is 0 Å². The molecule has 4 heteroatoms. The number of hydrogen-bond acceptors (Lipinski definition) is 4. The van der Waals surface area contributed by atoms with Crippen molar-refractivity contribution in [3.63, 3.8) is 0 Å². The van der Waals surface area contributed by atoms with Gasteiger partial charge in [0.05, 0.1) is 7.11 Å². The molecular weight excluding hydrogens is 607 g/mol. The molecule has 48 heavy (non-hydrogen) atoms. The van der Waals surface area contributed by atoms with E-state index in [0.717, 1.165) is 55.3 Å². The number of nitrogens with zero attached hydrogens (tertiary/aromatic N) is 1. The minimum absolute atomic E-state index is 0.835. The van der Waals surface area contributed by atoms with Crippen molar-refractivity contribution in [1.29, 1.82) is 0 Å². The van der Waals surface area contributed by atoms with E-state index in [1.54, 1.807) is 7.11 Å². The van der Waals surface area contributed by atoms with Gasteiger partial charge in [-0.3, -0.25) is 4.98 Å². The van der Waals surface area contributed by atoms with Crippen LogP contribution >= 0.6 is 11.3 Å². The largest absolute Gasteiger partial charge is 0.497 e. The third-order valence-corrected chi connectivity index (χ3v) is 10.8. The first kappa shape index (κ1) is 27.2. The Kier molecular flexibility index (Phi) is 5.96. The van der Waals surface area contributed by atoms with Crippen LogP contribution in [0.15, 0.2) is 150 Å². The molecule has 0 bridgehead atoms. The fourth-order valence-corrected chi connectivity index (χ4v) is 8.52. The molecule has 0 aliphatic carbocycles. The molecule has 10 aromatic rings. The standard InChI is InChI=1S/C44H27NO2S/c1-46-30-18-16-28(17-19-30)43-37-22-36-32-9-3-5-11-41(32)48-42(36)24-34(37)33-21-35-31-8-2-4-10-39(31)47-40(35)23-38(33)44(43)27-14-12-26(13-15-27)29-7-6-20-45-25-29/h2-25H,1H3. The van der Waals surface area contributed by atoms with Crippen molar-refractivity contribution in [2.75, 3.05) is 7.11 Å². The molecule has 3 nitrogen and oxygen atoms in total. The van der Waals surface area contributed by atoms with Gasteiger partial charge in [0.2, 0.25) is 0 Å². The Hall–Kier alpha value is -5.97. The molecule has 0 fully saturated rings. The second-order valence-electron chi connectivity index (χ2n) is 12.3. The molecule has 3 aromatic heterocycles. The Balaban J connectivity index is 1.39. The van der Waals surface area contributed by atoms with Crippen LogP contribution in [0.4, 0.5) is 0 Å². The van der Waals surface area contributed by atoms with E-state index in [9.17, 15) is 0 Å². The monoisotopic (exact) mass is 633 g/mol. The van der Waals surface area contributed by atoms with Gasteiger partial charge in [-0.15, -0.1) is 11.3 Å². The van der Waals surface area contributed by atoms with E-state index in [4.69, 9.17) is 9.15 Å². The zero-order chi connectivity index (χ0) is 31.8. The summed E-state index contributed by atoms with van der Waals surface area (Å²) in [6.45, 7) is 0. The van der Waals surface area contributed by atoms with Crippen LogP contribution in [0.5, 0.6) is 5.75 Å². The number of fused-ring (bicyclic) bond motifs is 9. The van der Waals surface area contributed by atoms with Gasteiger partial charge < -0.3 is 9.15 Å². The second kappa shape index (κ2) is 10.5. The Morgan fingerprint density at radius 3 is 1.92 bits per heavy atom. The molecule has 0 spiro atoms. The Morgan fingerprint density at radius 2 is 1.15 bits per heavy atom. The lowest BCUT2D eigenvalue weighted by molar-refractivity contribution is 0.415. The van der Waals surface area contributed by atoms with Crippen molar-refractivity contribution in [2.24, 2.45) is 0 Å². The highest BCUT2D eigenvalue weighted by atomic mass is 32.1. The highest BCUT2D eigenvalue weighted by Gasteiger charge is 2.21. The number of hydrogen-bond donors (Lipinski definition) is 0. The minimum Gasteiger partial charge on any atom is -0.497 e. The predicted molar refractivity (Wildman–Crippen MR) is 202 cm³/mol. The topological polar surface area (TPSA) is 35.3 Å². The molecule has 0 saturated carbocycles. The van der Waals surface area contributed by atoms with Gasteiger partial charge in [0.25, 0.3) is 0 Å². The van der Waals surface area contributed by atoms with Crippen LogP contribution in [-0.4, -0.2) is 12.1 Å². The van der Waals surface area contributed by atoms with Crippen molar-refractivity contribution >= 4 is 75.0 Å². The van der Waals surface area contributed by atoms with Crippen molar-refractivity contribution in [1.82, 2.24) is 4.98 Å². The molecule has 0 unspecified atom stereocenters. The molecule has 0 amide bonds. The van der Waals surface area contributed by atoms with E-state index in [-0.39, 0.29) is 0 Å². The van der Waals surface area contributed by atoms with Crippen molar-refractivity contribution in [2.45, 2.75) is 0 Å². The molecule has 226 valence electrons. The van der Waals surface area contributed by atoms with Crippen LogP contribution in [0.25, 0.3) is 97.0 Å². The molecule has 0 radical (unpaired) electrons. The fraction of sp³-hybridized carbons (Fsp3) is 0.0227. The van der Waals surface area contributed by atoms with Crippen LogP contribution in [0, 0.1) is 0 Å². The number of benzene rings is 7. The zero-order valence-corrected chi connectivity index (χ0v) is 26.8. The highest BCUT2D eigenvalue weighted by Crippen LogP contribution is 2.49.